The predicted octanol–water partition coefficient (Wildman–Crippen LogP) is 4.21. The molecule has 0 spiro atoms. The monoisotopic (exact) mass is 247 g/mol. The third-order valence-corrected chi connectivity index (χ3v) is 4.12. The van der Waals surface area contributed by atoms with E-state index in [0.717, 1.165) is 12.8 Å². The lowest BCUT2D eigenvalue weighted by Crippen LogP contribution is -2.26. The van der Waals surface area contributed by atoms with E-state index >= 15 is 0 Å². The Morgan fingerprint density at radius 1 is 1.29 bits per heavy atom. The van der Waals surface area contributed by atoms with Crippen molar-refractivity contribution >= 4 is 21.4 Å². The first kappa shape index (κ1) is 12.6. The Bertz CT molecular complexity index is 496. The topological polar surface area (TPSA) is 26.0 Å². The highest BCUT2D eigenvalue weighted by Gasteiger charge is 2.21. The van der Waals surface area contributed by atoms with Gasteiger partial charge >= 0.3 is 0 Å². The molecular weight excluding hydrogens is 226 g/mol. The molecule has 1 atom stereocenters. The van der Waals surface area contributed by atoms with E-state index in [4.69, 9.17) is 5.73 Å². The molecule has 2 rings (SSSR count). The summed E-state index contributed by atoms with van der Waals surface area (Å²) in [5.41, 5.74) is 7.67. The maximum atomic E-state index is 5.92. The molecule has 1 unspecified atom stereocenters. The van der Waals surface area contributed by atoms with Gasteiger partial charge in [-0.1, -0.05) is 32.0 Å². The number of hydrogen-bond donors (Lipinski definition) is 1. The van der Waals surface area contributed by atoms with Crippen LogP contribution < -0.4 is 5.73 Å². The fourth-order valence-electron chi connectivity index (χ4n) is 2.63. The minimum atomic E-state index is 0.273. The van der Waals surface area contributed by atoms with Gasteiger partial charge in [0, 0.05) is 10.7 Å². The van der Waals surface area contributed by atoms with E-state index in [2.05, 4.69) is 50.4 Å². The van der Waals surface area contributed by atoms with E-state index in [1.165, 1.54) is 15.6 Å². The Morgan fingerprint density at radius 3 is 2.71 bits per heavy atom. The highest BCUT2D eigenvalue weighted by atomic mass is 32.1. The van der Waals surface area contributed by atoms with Gasteiger partial charge in [0.15, 0.2) is 0 Å². The van der Waals surface area contributed by atoms with Crippen LogP contribution >= 0.6 is 11.3 Å². The highest BCUT2D eigenvalue weighted by Crippen LogP contribution is 2.33. The molecule has 92 valence electrons. The number of thiophene rings is 1. The molecule has 1 aromatic heterocycles. The van der Waals surface area contributed by atoms with Gasteiger partial charge < -0.3 is 5.73 Å². The first-order valence-corrected chi connectivity index (χ1v) is 7.07. The van der Waals surface area contributed by atoms with Crippen molar-refractivity contribution < 1.29 is 0 Å². The number of fused-ring (bicyclic) bond motifs is 1. The van der Waals surface area contributed by atoms with Gasteiger partial charge in [-0.3, -0.25) is 0 Å². The zero-order valence-electron chi connectivity index (χ0n) is 10.9. The molecule has 0 aliphatic heterocycles. The van der Waals surface area contributed by atoms with Crippen LogP contribution in [-0.2, 0) is 6.42 Å². The number of rotatable bonds is 4. The number of nitrogens with two attached hydrogens (primary N) is 1. The summed E-state index contributed by atoms with van der Waals surface area (Å²) in [6.07, 6.45) is 2.18. The molecule has 0 saturated carbocycles. The summed E-state index contributed by atoms with van der Waals surface area (Å²) in [4.78, 5) is 0. The van der Waals surface area contributed by atoms with Gasteiger partial charge in [0.1, 0.15) is 0 Å². The normalized spacial score (nSPS) is 14.1. The highest BCUT2D eigenvalue weighted by molar-refractivity contribution is 7.17. The molecule has 0 saturated heterocycles. The molecule has 1 nitrogen and oxygen atoms in total. The van der Waals surface area contributed by atoms with Crippen molar-refractivity contribution in [2.24, 2.45) is 11.1 Å². The minimum absolute atomic E-state index is 0.273. The molecule has 1 aromatic carbocycles. The average Bonchev–Trinajstić information content (AvgIpc) is 2.59. The van der Waals surface area contributed by atoms with E-state index < -0.39 is 0 Å². The summed E-state index contributed by atoms with van der Waals surface area (Å²) in [5.74, 6) is 0. The van der Waals surface area contributed by atoms with Crippen LogP contribution in [-0.4, -0.2) is 6.04 Å². The molecular formula is C15H21NS. The molecule has 2 aromatic rings. The Labute approximate surface area is 108 Å². The lowest BCUT2D eigenvalue weighted by Gasteiger charge is -2.26. The lowest BCUT2D eigenvalue weighted by atomic mass is 9.80. The van der Waals surface area contributed by atoms with Crippen LogP contribution in [0.25, 0.3) is 10.1 Å². The largest absolute Gasteiger partial charge is 0.328 e. The fourth-order valence-corrected chi connectivity index (χ4v) is 3.59. The van der Waals surface area contributed by atoms with Gasteiger partial charge in [0.05, 0.1) is 0 Å². The van der Waals surface area contributed by atoms with E-state index in [9.17, 15) is 0 Å². The fraction of sp³-hybridized carbons (Fsp3) is 0.467. The molecule has 1 heterocycles. The smallest absolute Gasteiger partial charge is 0.0345 e. The SMILES string of the molecule is CC(N)CC(C)(C)Cc1csc2ccccc12. The van der Waals surface area contributed by atoms with Gasteiger partial charge in [-0.25, -0.2) is 0 Å². The summed E-state index contributed by atoms with van der Waals surface area (Å²) in [7, 11) is 0. The maximum Gasteiger partial charge on any atom is 0.0345 e. The van der Waals surface area contributed by atoms with Crippen LogP contribution in [0.2, 0.25) is 0 Å². The van der Waals surface area contributed by atoms with Crippen LogP contribution in [0, 0.1) is 5.41 Å². The summed E-state index contributed by atoms with van der Waals surface area (Å²) < 4.78 is 1.39. The maximum absolute atomic E-state index is 5.92. The Balaban J connectivity index is 2.23. The van der Waals surface area contributed by atoms with Crippen LogP contribution in [0.5, 0.6) is 0 Å². The van der Waals surface area contributed by atoms with E-state index in [1.54, 1.807) is 0 Å². The second-order valence-electron chi connectivity index (χ2n) is 5.78. The minimum Gasteiger partial charge on any atom is -0.328 e. The molecule has 0 fully saturated rings. The molecule has 0 amide bonds. The van der Waals surface area contributed by atoms with Crippen molar-refractivity contribution in [3.63, 3.8) is 0 Å². The van der Waals surface area contributed by atoms with Crippen molar-refractivity contribution in [2.75, 3.05) is 0 Å². The van der Waals surface area contributed by atoms with Crippen molar-refractivity contribution in [1.29, 1.82) is 0 Å². The van der Waals surface area contributed by atoms with Crippen LogP contribution in [0.15, 0.2) is 29.6 Å². The van der Waals surface area contributed by atoms with E-state index in [1.807, 2.05) is 11.3 Å². The van der Waals surface area contributed by atoms with Crippen LogP contribution in [0.3, 0.4) is 0 Å². The molecule has 0 aliphatic rings. The predicted molar refractivity (Wildman–Crippen MR) is 77.6 cm³/mol. The summed E-state index contributed by atoms with van der Waals surface area (Å²) in [6.45, 7) is 6.71. The third-order valence-electron chi connectivity index (χ3n) is 3.10. The van der Waals surface area contributed by atoms with Gasteiger partial charge in [-0.15, -0.1) is 11.3 Å². The van der Waals surface area contributed by atoms with Crippen LogP contribution in [0.1, 0.15) is 32.8 Å². The van der Waals surface area contributed by atoms with Gasteiger partial charge in [-0.2, -0.15) is 0 Å². The second kappa shape index (κ2) is 4.79. The third kappa shape index (κ3) is 3.08. The molecule has 0 radical (unpaired) electrons. The van der Waals surface area contributed by atoms with Crippen molar-refractivity contribution in [1.82, 2.24) is 0 Å². The molecule has 2 heteroatoms. The molecule has 2 N–H and O–H groups in total. The number of hydrogen-bond acceptors (Lipinski definition) is 2. The van der Waals surface area contributed by atoms with E-state index in [0.29, 0.717) is 0 Å². The van der Waals surface area contributed by atoms with Crippen molar-refractivity contribution in [3.8, 4) is 0 Å². The van der Waals surface area contributed by atoms with Crippen molar-refractivity contribution in [3.05, 3.63) is 35.2 Å². The van der Waals surface area contributed by atoms with E-state index in [-0.39, 0.29) is 11.5 Å². The zero-order valence-corrected chi connectivity index (χ0v) is 11.7. The van der Waals surface area contributed by atoms with Gasteiger partial charge in [0.25, 0.3) is 0 Å². The lowest BCUT2D eigenvalue weighted by molar-refractivity contribution is 0.310. The molecule has 0 bridgehead atoms. The van der Waals surface area contributed by atoms with Gasteiger partial charge in [0.2, 0.25) is 0 Å². The zero-order chi connectivity index (χ0) is 12.5. The van der Waals surface area contributed by atoms with Gasteiger partial charge in [-0.05, 0) is 47.6 Å². The summed E-state index contributed by atoms with van der Waals surface area (Å²) in [6, 6.07) is 8.92. The number of benzene rings is 1. The summed E-state index contributed by atoms with van der Waals surface area (Å²) in [5, 5.41) is 3.71. The Morgan fingerprint density at radius 2 is 2.00 bits per heavy atom. The average molecular weight is 247 g/mol. The second-order valence-corrected chi connectivity index (χ2v) is 6.69. The summed E-state index contributed by atoms with van der Waals surface area (Å²) >= 11 is 1.84. The first-order valence-electron chi connectivity index (χ1n) is 6.19. The first-order chi connectivity index (χ1) is 7.98. The molecule has 0 aliphatic carbocycles. The Kier molecular flexibility index (Phi) is 3.55. The molecule has 17 heavy (non-hydrogen) atoms. The van der Waals surface area contributed by atoms with Crippen LogP contribution in [0.4, 0.5) is 0 Å². The standard InChI is InChI=1S/C15H21NS/c1-11(16)8-15(2,3)9-12-10-17-14-7-5-4-6-13(12)14/h4-7,10-11H,8-9,16H2,1-3H3. The Hall–Kier alpha value is -0.860. The quantitative estimate of drug-likeness (QED) is 0.860. The van der Waals surface area contributed by atoms with Crippen molar-refractivity contribution in [2.45, 2.75) is 39.7 Å².